The third-order valence-corrected chi connectivity index (χ3v) is 1.08. The number of hydrogen-bond donors (Lipinski definition) is 3. The third-order valence-electron chi connectivity index (χ3n) is 1.08. The minimum atomic E-state index is -0.833. The highest BCUT2D eigenvalue weighted by Crippen LogP contribution is 1.94. The van der Waals surface area contributed by atoms with Crippen LogP contribution >= 0.6 is 0 Å². The molecule has 0 saturated carbocycles. The second kappa shape index (κ2) is 5.77. The standard InChI is InChI=1S/C7H8N2.C2H4O2/c8-7(9)6-4-2-1-3-5-6;1-2(3)4/h1-5H,(H3,8,9);1H3,(H,3,4). The van der Waals surface area contributed by atoms with Gasteiger partial charge in [-0.1, -0.05) is 30.3 Å². The molecular weight excluding hydrogens is 168 g/mol. The molecule has 13 heavy (non-hydrogen) atoms. The van der Waals surface area contributed by atoms with E-state index in [4.69, 9.17) is 21.0 Å². The number of nitrogens with two attached hydrogens (primary N) is 1. The smallest absolute Gasteiger partial charge is 0.300 e. The topological polar surface area (TPSA) is 87.2 Å². The summed E-state index contributed by atoms with van der Waals surface area (Å²) in [6, 6.07) is 9.23. The second-order valence-electron chi connectivity index (χ2n) is 2.30. The van der Waals surface area contributed by atoms with Crippen molar-refractivity contribution < 1.29 is 9.90 Å². The van der Waals surface area contributed by atoms with Crippen LogP contribution in [0.4, 0.5) is 0 Å². The van der Waals surface area contributed by atoms with Crippen molar-refractivity contribution >= 4 is 11.8 Å². The number of nitrogens with one attached hydrogen (secondary N) is 1. The number of amidine groups is 1. The highest BCUT2D eigenvalue weighted by atomic mass is 16.4. The first-order chi connectivity index (χ1) is 6.04. The summed E-state index contributed by atoms with van der Waals surface area (Å²) in [5.41, 5.74) is 5.97. The van der Waals surface area contributed by atoms with E-state index < -0.39 is 5.97 Å². The van der Waals surface area contributed by atoms with Gasteiger partial charge in [-0.25, -0.2) is 0 Å². The summed E-state index contributed by atoms with van der Waals surface area (Å²) in [6.07, 6.45) is 0. The fraction of sp³-hybridized carbons (Fsp3) is 0.111. The molecule has 0 amide bonds. The molecule has 1 aromatic rings. The monoisotopic (exact) mass is 180 g/mol. The lowest BCUT2D eigenvalue weighted by molar-refractivity contribution is -0.134. The zero-order valence-corrected chi connectivity index (χ0v) is 7.32. The molecule has 1 rings (SSSR count). The molecule has 70 valence electrons. The molecular formula is C9H12N2O2. The molecule has 0 heterocycles. The number of hydrogen-bond acceptors (Lipinski definition) is 2. The molecule has 0 spiro atoms. The van der Waals surface area contributed by atoms with Crippen LogP contribution in [0.3, 0.4) is 0 Å². The number of nitrogen functional groups attached to an aromatic ring is 1. The Morgan fingerprint density at radius 2 is 1.77 bits per heavy atom. The van der Waals surface area contributed by atoms with Gasteiger partial charge in [0.1, 0.15) is 5.84 Å². The van der Waals surface area contributed by atoms with E-state index in [9.17, 15) is 0 Å². The van der Waals surface area contributed by atoms with Gasteiger partial charge in [0.2, 0.25) is 0 Å². The van der Waals surface area contributed by atoms with Gasteiger partial charge < -0.3 is 10.8 Å². The maximum Gasteiger partial charge on any atom is 0.300 e. The van der Waals surface area contributed by atoms with Crippen molar-refractivity contribution in [2.45, 2.75) is 6.92 Å². The fourth-order valence-electron chi connectivity index (χ4n) is 0.618. The Kier molecular flexibility index (Phi) is 4.95. The first-order valence-corrected chi connectivity index (χ1v) is 3.63. The maximum atomic E-state index is 9.00. The lowest BCUT2D eigenvalue weighted by atomic mass is 10.2. The van der Waals surface area contributed by atoms with Crippen LogP contribution in [-0.4, -0.2) is 16.9 Å². The predicted octanol–water partition coefficient (Wildman–Crippen LogP) is 1.06. The molecule has 0 aromatic heterocycles. The van der Waals surface area contributed by atoms with Gasteiger partial charge in [0, 0.05) is 12.5 Å². The summed E-state index contributed by atoms with van der Waals surface area (Å²) in [6.45, 7) is 1.08. The van der Waals surface area contributed by atoms with Crippen LogP contribution in [-0.2, 0) is 4.79 Å². The van der Waals surface area contributed by atoms with Crippen LogP contribution in [0.15, 0.2) is 30.3 Å². The van der Waals surface area contributed by atoms with E-state index in [-0.39, 0.29) is 5.84 Å². The quantitative estimate of drug-likeness (QED) is 0.446. The number of carbonyl (C=O) groups is 1. The number of benzene rings is 1. The molecule has 0 aliphatic carbocycles. The Hall–Kier alpha value is -1.84. The Bertz CT molecular complexity index is 279. The van der Waals surface area contributed by atoms with Crippen molar-refractivity contribution in [3.63, 3.8) is 0 Å². The third kappa shape index (κ3) is 6.55. The van der Waals surface area contributed by atoms with Crippen molar-refractivity contribution in [1.82, 2.24) is 0 Å². The molecule has 1 aromatic carbocycles. The van der Waals surface area contributed by atoms with Gasteiger partial charge in [-0.15, -0.1) is 0 Å². The Balaban J connectivity index is 0.000000310. The van der Waals surface area contributed by atoms with E-state index in [1.807, 2.05) is 30.3 Å². The average molecular weight is 180 g/mol. The summed E-state index contributed by atoms with van der Waals surface area (Å²) in [5, 5.41) is 14.4. The van der Waals surface area contributed by atoms with Gasteiger partial charge in [0.25, 0.3) is 5.97 Å². The van der Waals surface area contributed by atoms with Crippen molar-refractivity contribution in [1.29, 1.82) is 5.41 Å². The minimum absolute atomic E-state index is 0.121. The van der Waals surface area contributed by atoms with Gasteiger partial charge in [0.15, 0.2) is 0 Å². The molecule has 0 bridgehead atoms. The van der Waals surface area contributed by atoms with Gasteiger partial charge in [-0.05, 0) is 0 Å². The normalized spacial score (nSPS) is 8.08. The molecule has 0 unspecified atom stereocenters. The van der Waals surface area contributed by atoms with E-state index in [2.05, 4.69) is 0 Å². The van der Waals surface area contributed by atoms with Crippen molar-refractivity contribution in [3.8, 4) is 0 Å². The first-order valence-electron chi connectivity index (χ1n) is 3.63. The van der Waals surface area contributed by atoms with Gasteiger partial charge in [-0.3, -0.25) is 10.2 Å². The van der Waals surface area contributed by atoms with Crippen LogP contribution < -0.4 is 5.73 Å². The highest BCUT2D eigenvalue weighted by Gasteiger charge is 1.89. The summed E-state index contributed by atoms with van der Waals surface area (Å²) in [7, 11) is 0. The molecule has 0 saturated heterocycles. The molecule has 0 aliphatic heterocycles. The zero-order valence-electron chi connectivity index (χ0n) is 7.32. The lowest BCUT2D eigenvalue weighted by Crippen LogP contribution is -2.10. The summed E-state index contributed by atoms with van der Waals surface area (Å²) >= 11 is 0. The van der Waals surface area contributed by atoms with Crippen molar-refractivity contribution in [2.24, 2.45) is 5.73 Å². The van der Waals surface area contributed by atoms with E-state index in [1.54, 1.807) is 0 Å². The first kappa shape index (κ1) is 11.2. The number of aliphatic carboxylic acids is 1. The largest absolute Gasteiger partial charge is 0.481 e. The maximum absolute atomic E-state index is 9.00. The second-order valence-corrected chi connectivity index (χ2v) is 2.30. The zero-order chi connectivity index (χ0) is 10.3. The number of carboxylic acids is 1. The Morgan fingerprint density at radius 3 is 2.00 bits per heavy atom. The lowest BCUT2D eigenvalue weighted by Gasteiger charge is -1.93. The Morgan fingerprint density at radius 1 is 1.38 bits per heavy atom. The summed E-state index contributed by atoms with van der Waals surface area (Å²) in [5.74, 6) is -0.712. The minimum Gasteiger partial charge on any atom is -0.481 e. The van der Waals surface area contributed by atoms with Crippen LogP contribution in [0.2, 0.25) is 0 Å². The van der Waals surface area contributed by atoms with Crippen LogP contribution in [0.1, 0.15) is 12.5 Å². The van der Waals surface area contributed by atoms with E-state index in [0.717, 1.165) is 12.5 Å². The van der Waals surface area contributed by atoms with Crippen LogP contribution in [0.25, 0.3) is 0 Å². The van der Waals surface area contributed by atoms with Crippen molar-refractivity contribution in [3.05, 3.63) is 35.9 Å². The average Bonchev–Trinajstić information content (AvgIpc) is 2.05. The van der Waals surface area contributed by atoms with E-state index in [0.29, 0.717) is 0 Å². The molecule has 0 atom stereocenters. The number of carboxylic acid groups (broad SMARTS) is 1. The number of rotatable bonds is 1. The van der Waals surface area contributed by atoms with Gasteiger partial charge in [0.05, 0.1) is 0 Å². The van der Waals surface area contributed by atoms with E-state index >= 15 is 0 Å². The van der Waals surface area contributed by atoms with Gasteiger partial charge in [-0.2, -0.15) is 0 Å². The molecule has 4 heteroatoms. The van der Waals surface area contributed by atoms with Crippen molar-refractivity contribution in [2.75, 3.05) is 0 Å². The summed E-state index contributed by atoms with van der Waals surface area (Å²) in [4.78, 5) is 9.00. The molecule has 0 radical (unpaired) electrons. The van der Waals surface area contributed by atoms with Crippen LogP contribution in [0.5, 0.6) is 0 Å². The summed E-state index contributed by atoms with van der Waals surface area (Å²) < 4.78 is 0. The highest BCUT2D eigenvalue weighted by molar-refractivity contribution is 5.94. The van der Waals surface area contributed by atoms with E-state index in [1.165, 1.54) is 0 Å². The SMILES string of the molecule is CC(=O)O.N=C(N)c1ccccc1. The van der Waals surface area contributed by atoms with Crippen LogP contribution in [0, 0.1) is 5.41 Å². The fourth-order valence-corrected chi connectivity index (χ4v) is 0.618. The molecule has 0 aliphatic rings. The molecule has 0 fully saturated rings. The predicted molar refractivity (Wildman–Crippen MR) is 50.8 cm³/mol. The Labute approximate surface area is 76.5 Å². The van der Waals surface area contributed by atoms with Gasteiger partial charge >= 0.3 is 0 Å². The molecule has 4 nitrogen and oxygen atoms in total. The molecule has 4 N–H and O–H groups in total.